The van der Waals surface area contributed by atoms with Crippen molar-refractivity contribution in [3.05, 3.63) is 18.2 Å². The first-order chi connectivity index (χ1) is 6.95. The van der Waals surface area contributed by atoms with Crippen molar-refractivity contribution in [3.63, 3.8) is 0 Å². The predicted molar refractivity (Wildman–Crippen MR) is 55.9 cm³/mol. The number of H-pyrrole nitrogens is 1. The second kappa shape index (κ2) is 5.12. The highest BCUT2D eigenvalue weighted by Gasteiger charge is 2.11. The Morgan fingerprint density at radius 1 is 1.43 bits per heavy atom. The lowest BCUT2D eigenvalue weighted by Crippen LogP contribution is -2.33. The summed E-state index contributed by atoms with van der Waals surface area (Å²) in [6.07, 6.45) is 6.20. The summed E-state index contributed by atoms with van der Waals surface area (Å²) in [4.78, 5) is 7.07. The maximum absolute atomic E-state index is 3.98. The van der Waals surface area contributed by atoms with E-state index in [1.54, 1.807) is 6.33 Å². The molecule has 4 heteroatoms. The van der Waals surface area contributed by atoms with Gasteiger partial charge in [-0.1, -0.05) is 0 Å². The lowest BCUT2D eigenvalue weighted by molar-refractivity contribution is 0.356. The van der Waals surface area contributed by atoms with Crippen molar-refractivity contribution in [1.82, 2.24) is 20.6 Å². The fourth-order valence-corrected chi connectivity index (χ4v) is 1.88. The molecule has 0 aliphatic carbocycles. The van der Waals surface area contributed by atoms with Gasteiger partial charge < -0.3 is 15.6 Å². The van der Waals surface area contributed by atoms with Crippen molar-refractivity contribution >= 4 is 0 Å². The van der Waals surface area contributed by atoms with E-state index in [-0.39, 0.29) is 0 Å². The van der Waals surface area contributed by atoms with Gasteiger partial charge in [0.15, 0.2) is 0 Å². The third-order valence-electron chi connectivity index (χ3n) is 2.76. The summed E-state index contributed by atoms with van der Waals surface area (Å²) < 4.78 is 0. The Morgan fingerprint density at radius 3 is 3.00 bits per heavy atom. The molecule has 0 unspecified atom stereocenters. The zero-order valence-corrected chi connectivity index (χ0v) is 8.42. The van der Waals surface area contributed by atoms with Crippen molar-refractivity contribution in [3.8, 4) is 0 Å². The van der Waals surface area contributed by atoms with Crippen LogP contribution >= 0.6 is 0 Å². The van der Waals surface area contributed by atoms with Crippen LogP contribution in [0.15, 0.2) is 12.5 Å². The summed E-state index contributed by atoms with van der Waals surface area (Å²) in [6, 6.07) is 0. The standard InChI is InChI=1S/C10H18N4/c1-3-11-4-2-9(1)5-12-6-10-7-13-8-14-10/h7-9,11-12H,1-6H2,(H,13,14). The molecule has 1 aromatic rings. The van der Waals surface area contributed by atoms with Gasteiger partial charge in [0.25, 0.3) is 0 Å². The van der Waals surface area contributed by atoms with E-state index in [1.807, 2.05) is 6.20 Å². The third-order valence-corrected chi connectivity index (χ3v) is 2.76. The van der Waals surface area contributed by atoms with Gasteiger partial charge in [0.05, 0.1) is 6.33 Å². The molecule has 0 saturated carbocycles. The molecule has 2 heterocycles. The quantitative estimate of drug-likeness (QED) is 0.654. The number of piperidine rings is 1. The molecular weight excluding hydrogens is 176 g/mol. The first kappa shape index (κ1) is 9.68. The molecule has 1 saturated heterocycles. The van der Waals surface area contributed by atoms with E-state index in [9.17, 15) is 0 Å². The Kier molecular flexibility index (Phi) is 3.54. The Balaban J connectivity index is 1.62. The second-order valence-corrected chi connectivity index (χ2v) is 3.90. The van der Waals surface area contributed by atoms with E-state index in [2.05, 4.69) is 20.6 Å². The van der Waals surface area contributed by atoms with E-state index < -0.39 is 0 Å². The van der Waals surface area contributed by atoms with Crippen LogP contribution in [0, 0.1) is 5.92 Å². The summed E-state index contributed by atoms with van der Waals surface area (Å²) in [7, 11) is 0. The molecule has 3 N–H and O–H groups in total. The van der Waals surface area contributed by atoms with Crippen LogP contribution in [0.3, 0.4) is 0 Å². The van der Waals surface area contributed by atoms with E-state index in [1.165, 1.54) is 31.6 Å². The number of nitrogens with zero attached hydrogens (tertiary/aromatic N) is 1. The smallest absolute Gasteiger partial charge is 0.0922 e. The van der Waals surface area contributed by atoms with Crippen LogP contribution in [0.2, 0.25) is 0 Å². The minimum Gasteiger partial charge on any atom is -0.347 e. The minimum atomic E-state index is 0.846. The van der Waals surface area contributed by atoms with Gasteiger partial charge >= 0.3 is 0 Å². The molecule has 2 rings (SSSR count). The van der Waals surface area contributed by atoms with Crippen molar-refractivity contribution in [2.45, 2.75) is 19.4 Å². The first-order valence-corrected chi connectivity index (χ1v) is 5.34. The highest BCUT2D eigenvalue weighted by Crippen LogP contribution is 2.09. The Bertz CT molecular complexity index is 239. The molecule has 0 spiro atoms. The Hall–Kier alpha value is -0.870. The van der Waals surface area contributed by atoms with Crippen LogP contribution in [0.25, 0.3) is 0 Å². The molecule has 14 heavy (non-hydrogen) atoms. The number of aromatic nitrogens is 2. The topological polar surface area (TPSA) is 52.7 Å². The van der Waals surface area contributed by atoms with Crippen molar-refractivity contribution in [2.75, 3.05) is 19.6 Å². The number of nitrogens with one attached hydrogen (secondary N) is 3. The van der Waals surface area contributed by atoms with E-state index in [4.69, 9.17) is 0 Å². The number of aromatic amines is 1. The molecule has 4 nitrogen and oxygen atoms in total. The highest BCUT2D eigenvalue weighted by molar-refractivity contribution is 4.93. The van der Waals surface area contributed by atoms with Crippen molar-refractivity contribution < 1.29 is 0 Å². The average Bonchev–Trinajstić information content (AvgIpc) is 2.72. The summed E-state index contributed by atoms with van der Waals surface area (Å²) in [6.45, 7) is 4.39. The number of rotatable bonds is 4. The molecule has 1 aliphatic rings. The molecule has 1 aliphatic heterocycles. The zero-order chi connectivity index (χ0) is 9.64. The van der Waals surface area contributed by atoms with Crippen LogP contribution < -0.4 is 10.6 Å². The van der Waals surface area contributed by atoms with Gasteiger partial charge in [-0.25, -0.2) is 4.98 Å². The average molecular weight is 194 g/mol. The molecule has 0 bridgehead atoms. The third kappa shape index (κ3) is 2.82. The van der Waals surface area contributed by atoms with Gasteiger partial charge in [-0.05, 0) is 38.4 Å². The summed E-state index contributed by atoms with van der Waals surface area (Å²) in [5, 5.41) is 6.83. The largest absolute Gasteiger partial charge is 0.347 e. The predicted octanol–water partition coefficient (Wildman–Crippen LogP) is 0.499. The fourth-order valence-electron chi connectivity index (χ4n) is 1.88. The van der Waals surface area contributed by atoms with Gasteiger partial charge in [0.2, 0.25) is 0 Å². The van der Waals surface area contributed by atoms with Gasteiger partial charge in [-0.15, -0.1) is 0 Å². The second-order valence-electron chi connectivity index (χ2n) is 3.90. The molecule has 78 valence electrons. The van der Waals surface area contributed by atoms with Crippen LogP contribution in [0.4, 0.5) is 0 Å². The van der Waals surface area contributed by atoms with Crippen LogP contribution in [0.5, 0.6) is 0 Å². The van der Waals surface area contributed by atoms with E-state index >= 15 is 0 Å². The molecule has 1 aromatic heterocycles. The Labute approximate surface area is 84.5 Å². The summed E-state index contributed by atoms with van der Waals surface area (Å²) >= 11 is 0. The SMILES string of the molecule is c1ncc(CNCC2CCNCC2)[nH]1. The monoisotopic (exact) mass is 194 g/mol. The van der Waals surface area contributed by atoms with Gasteiger partial charge in [0, 0.05) is 18.4 Å². The maximum atomic E-state index is 3.98. The molecule has 0 amide bonds. The minimum absolute atomic E-state index is 0.846. The lowest BCUT2D eigenvalue weighted by atomic mass is 9.98. The van der Waals surface area contributed by atoms with E-state index in [0.29, 0.717) is 0 Å². The number of hydrogen-bond acceptors (Lipinski definition) is 3. The highest BCUT2D eigenvalue weighted by atomic mass is 14.9. The molecule has 0 aromatic carbocycles. The summed E-state index contributed by atoms with van der Waals surface area (Å²) in [5.41, 5.74) is 1.17. The summed E-state index contributed by atoms with van der Waals surface area (Å²) in [5.74, 6) is 0.846. The normalized spacial score (nSPS) is 18.6. The number of imidazole rings is 1. The molecule has 0 atom stereocenters. The molecular formula is C10H18N4. The van der Waals surface area contributed by atoms with Gasteiger partial charge in [0.1, 0.15) is 0 Å². The van der Waals surface area contributed by atoms with Gasteiger partial charge in [-0.3, -0.25) is 0 Å². The molecule has 0 radical (unpaired) electrons. The van der Waals surface area contributed by atoms with E-state index in [0.717, 1.165) is 19.0 Å². The van der Waals surface area contributed by atoms with Gasteiger partial charge in [-0.2, -0.15) is 0 Å². The lowest BCUT2D eigenvalue weighted by Gasteiger charge is -2.22. The van der Waals surface area contributed by atoms with Crippen LogP contribution in [-0.2, 0) is 6.54 Å². The maximum Gasteiger partial charge on any atom is 0.0922 e. The fraction of sp³-hybridized carbons (Fsp3) is 0.700. The van der Waals surface area contributed by atoms with Crippen molar-refractivity contribution in [2.24, 2.45) is 5.92 Å². The van der Waals surface area contributed by atoms with Crippen LogP contribution in [0.1, 0.15) is 18.5 Å². The molecule has 1 fully saturated rings. The van der Waals surface area contributed by atoms with Crippen LogP contribution in [-0.4, -0.2) is 29.6 Å². The number of hydrogen-bond donors (Lipinski definition) is 3. The Morgan fingerprint density at radius 2 is 2.29 bits per heavy atom. The van der Waals surface area contributed by atoms with Crippen molar-refractivity contribution in [1.29, 1.82) is 0 Å². The zero-order valence-electron chi connectivity index (χ0n) is 8.42. The first-order valence-electron chi connectivity index (χ1n) is 5.34.